The van der Waals surface area contributed by atoms with Crippen molar-refractivity contribution in [2.24, 2.45) is 11.8 Å². The summed E-state index contributed by atoms with van der Waals surface area (Å²) in [6.45, 7) is 4.70. The van der Waals surface area contributed by atoms with E-state index in [-0.39, 0.29) is 5.41 Å². The van der Waals surface area contributed by atoms with Crippen LogP contribution in [0.15, 0.2) is 54.6 Å². The summed E-state index contributed by atoms with van der Waals surface area (Å²) in [5.74, 6) is 1.47. The molecule has 0 amide bonds. The SMILES string of the molecule is CCC1CCC2(/C=C/C(C)C1)c1ccccc1-c1cc(Cl)ccc12. The zero-order valence-corrected chi connectivity index (χ0v) is 15.3. The second kappa shape index (κ2) is 6.08. The Labute approximate surface area is 150 Å². The Morgan fingerprint density at radius 3 is 2.71 bits per heavy atom. The van der Waals surface area contributed by atoms with Gasteiger partial charge in [0.15, 0.2) is 0 Å². The van der Waals surface area contributed by atoms with Crippen LogP contribution in [0.4, 0.5) is 0 Å². The van der Waals surface area contributed by atoms with E-state index in [2.05, 4.69) is 68.5 Å². The molecule has 4 rings (SSSR count). The van der Waals surface area contributed by atoms with Crippen LogP contribution < -0.4 is 0 Å². The highest BCUT2D eigenvalue weighted by Crippen LogP contribution is 2.54. The Morgan fingerprint density at radius 1 is 1.08 bits per heavy atom. The molecule has 0 nitrogen and oxygen atoms in total. The van der Waals surface area contributed by atoms with Gasteiger partial charge < -0.3 is 0 Å². The van der Waals surface area contributed by atoms with Gasteiger partial charge in [0.2, 0.25) is 0 Å². The van der Waals surface area contributed by atoms with Crippen LogP contribution in [-0.2, 0) is 5.41 Å². The molecule has 1 spiro atoms. The fraction of sp³-hybridized carbons (Fsp3) is 0.391. The topological polar surface area (TPSA) is 0 Å². The van der Waals surface area contributed by atoms with Gasteiger partial charge in [0.05, 0.1) is 0 Å². The summed E-state index contributed by atoms with van der Waals surface area (Å²) in [7, 11) is 0. The van der Waals surface area contributed by atoms with Crippen LogP contribution in [0.3, 0.4) is 0 Å². The van der Waals surface area contributed by atoms with E-state index >= 15 is 0 Å². The molecule has 2 aliphatic rings. The Hall–Kier alpha value is -1.53. The quantitative estimate of drug-likeness (QED) is 0.491. The van der Waals surface area contributed by atoms with E-state index in [0.717, 1.165) is 10.9 Å². The number of fused-ring (bicyclic) bond motifs is 5. The number of allylic oxidation sites excluding steroid dienone is 2. The molecule has 124 valence electrons. The molecule has 0 saturated heterocycles. The molecule has 0 radical (unpaired) electrons. The highest BCUT2D eigenvalue weighted by Gasteiger charge is 2.41. The molecule has 0 N–H and O–H groups in total. The second-order valence-electron chi connectivity index (χ2n) is 7.59. The molecule has 0 fully saturated rings. The highest BCUT2D eigenvalue weighted by molar-refractivity contribution is 6.31. The summed E-state index contributed by atoms with van der Waals surface area (Å²) in [5, 5.41) is 0.829. The van der Waals surface area contributed by atoms with Crippen molar-refractivity contribution >= 4 is 11.6 Å². The van der Waals surface area contributed by atoms with Gasteiger partial charge in [-0.1, -0.05) is 74.4 Å². The smallest absolute Gasteiger partial charge is 0.0412 e. The minimum absolute atomic E-state index is 0.0264. The lowest BCUT2D eigenvalue weighted by Crippen LogP contribution is -2.26. The van der Waals surface area contributed by atoms with Gasteiger partial charge in [-0.05, 0) is 65.5 Å². The molecular weight excluding hydrogens is 312 g/mol. The average Bonchev–Trinajstić information content (AvgIpc) is 2.86. The van der Waals surface area contributed by atoms with Crippen molar-refractivity contribution in [1.29, 1.82) is 0 Å². The number of rotatable bonds is 1. The van der Waals surface area contributed by atoms with Crippen molar-refractivity contribution in [2.75, 3.05) is 0 Å². The molecule has 0 saturated carbocycles. The largest absolute Gasteiger partial charge is 0.0845 e. The number of halogens is 1. The van der Waals surface area contributed by atoms with Crippen molar-refractivity contribution in [2.45, 2.75) is 44.9 Å². The summed E-state index contributed by atoms with van der Waals surface area (Å²) < 4.78 is 0. The van der Waals surface area contributed by atoms with Gasteiger partial charge in [-0.15, -0.1) is 0 Å². The van der Waals surface area contributed by atoms with E-state index in [1.54, 1.807) is 0 Å². The minimum atomic E-state index is 0.0264. The standard InChI is InChI=1S/C23H25Cl/c1-3-17-11-13-23(12-10-16(2)14-17)21-7-5-4-6-19(21)20-15-18(24)8-9-22(20)23/h4-10,12,15-17H,3,11,13-14H2,1-2H3/b12-10+. The monoisotopic (exact) mass is 336 g/mol. The van der Waals surface area contributed by atoms with Crippen molar-refractivity contribution in [3.05, 3.63) is 70.8 Å². The Bertz CT molecular complexity index is 788. The fourth-order valence-electron chi connectivity index (χ4n) is 4.77. The molecular formula is C23H25Cl. The van der Waals surface area contributed by atoms with Crippen LogP contribution in [0.1, 0.15) is 50.7 Å². The highest BCUT2D eigenvalue weighted by atomic mass is 35.5. The van der Waals surface area contributed by atoms with Gasteiger partial charge in [0.1, 0.15) is 0 Å². The lowest BCUT2D eigenvalue weighted by atomic mass is 9.70. The zero-order chi connectivity index (χ0) is 16.7. The van der Waals surface area contributed by atoms with Crippen molar-refractivity contribution < 1.29 is 0 Å². The first-order chi connectivity index (χ1) is 11.6. The van der Waals surface area contributed by atoms with Crippen molar-refractivity contribution in [3.63, 3.8) is 0 Å². The summed E-state index contributed by atoms with van der Waals surface area (Å²) in [5.41, 5.74) is 5.61. The van der Waals surface area contributed by atoms with Crippen molar-refractivity contribution in [1.82, 2.24) is 0 Å². The third kappa shape index (κ3) is 2.43. The molecule has 0 aromatic heterocycles. The van der Waals surface area contributed by atoms with E-state index in [1.807, 2.05) is 0 Å². The van der Waals surface area contributed by atoms with E-state index < -0.39 is 0 Å². The Morgan fingerprint density at radius 2 is 1.88 bits per heavy atom. The van der Waals surface area contributed by atoms with E-state index in [4.69, 9.17) is 11.6 Å². The number of benzene rings is 2. The number of hydrogen-bond acceptors (Lipinski definition) is 0. The van der Waals surface area contributed by atoms with Crippen molar-refractivity contribution in [3.8, 4) is 11.1 Å². The molecule has 2 aliphatic carbocycles. The van der Waals surface area contributed by atoms with Gasteiger partial charge in [-0.25, -0.2) is 0 Å². The molecule has 3 unspecified atom stereocenters. The molecule has 24 heavy (non-hydrogen) atoms. The average molecular weight is 337 g/mol. The van der Waals surface area contributed by atoms with Gasteiger partial charge in [0, 0.05) is 10.4 Å². The summed E-state index contributed by atoms with van der Waals surface area (Å²) in [6, 6.07) is 15.4. The van der Waals surface area contributed by atoms with Gasteiger partial charge in [-0.3, -0.25) is 0 Å². The predicted octanol–water partition coefficient (Wildman–Crippen LogP) is 7.01. The molecule has 0 aliphatic heterocycles. The van der Waals surface area contributed by atoms with Crippen LogP contribution in [0, 0.1) is 11.8 Å². The summed E-state index contributed by atoms with van der Waals surface area (Å²) in [4.78, 5) is 0. The second-order valence-corrected chi connectivity index (χ2v) is 8.03. The van der Waals surface area contributed by atoms with Crippen LogP contribution in [-0.4, -0.2) is 0 Å². The van der Waals surface area contributed by atoms with Gasteiger partial charge in [0.25, 0.3) is 0 Å². The maximum absolute atomic E-state index is 6.33. The van der Waals surface area contributed by atoms with Crippen LogP contribution in [0.2, 0.25) is 5.02 Å². The molecule has 0 bridgehead atoms. The van der Waals surface area contributed by atoms with E-state index in [9.17, 15) is 0 Å². The van der Waals surface area contributed by atoms with Gasteiger partial charge >= 0.3 is 0 Å². The first kappa shape index (κ1) is 16.0. The van der Waals surface area contributed by atoms with Crippen LogP contribution in [0.5, 0.6) is 0 Å². The molecule has 3 atom stereocenters. The first-order valence-corrected chi connectivity index (χ1v) is 9.61. The fourth-order valence-corrected chi connectivity index (χ4v) is 4.94. The van der Waals surface area contributed by atoms with Crippen LogP contribution >= 0.6 is 11.6 Å². The lowest BCUT2D eigenvalue weighted by molar-refractivity contribution is 0.350. The van der Waals surface area contributed by atoms with E-state index in [0.29, 0.717) is 5.92 Å². The Kier molecular flexibility index (Phi) is 4.04. The third-order valence-electron chi connectivity index (χ3n) is 6.10. The predicted molar refractivity (Wildman–Crippen MR) is 104 cm³/mol. The maximum Gasteiger partial charge on any atom is 0.0412 e. The normalized spacial score (nSPS) is 29.6. The third-order valence-corrected chi connectivity index (χ3v) is 6.33. The molecule has 0 heterocycles. The van der Waals surface area contributed by atoms with E-state index in [1.165, 1.54) is 47.9 Å². The maximum atomic E-state index is 6.33. The summed E-state index contributed by atoms with van der Waals surface area (Å²) >= 11 is 6.33. The van der Waals surface area contributed by atoms with Gasteiger partial charge in [-0.2, -0.15) is 0 Å². The molecule has 1 heteroatoms. The zero-order valence-electron chi connectivity index (χ0n) is 14.6. The lowest BCUT2D eigenvalue weighted by Gasteiger charge is -2.33. The molecule has 2 aromatic carbocycles. The summed E-state index contributed by atoms with van der Waals surface area (Å²) in [6.07, 6.45) is 10.0. The Balaban J connectivity index is 1.93. The minimum Gasteiger partial charge on any atom is -0.0845 e. The molecule has 2 aromatic rings. The van der Waals surface area contributed by atoms with Crippen LogP contribution in [0.25, 0.3) is 11.1 Å². The first-order valence-electron chi connectivity index (χ1n) is 9.23. The number of hydrogen-bond donors (Lipinski definition) is 0.